The topological polar surface area (TPSA) is 49.9 Å². The maximum Gasteiger partial charge on any atom is 0.246 e. The fourth-order valence-electron chi connectivity index (χ4n) is 3.76. The van der Waals surface area contributed by atoms with Crippen LogP contribution in [0.1, 0.15) is 18.2 Å². The predicted molar refractivity (Wildman–Crippen MR) is 94.6 cm³/mol. The molecule has 24 heavy (non-hydrogen) atoms. The van der Waals surface area contributed by atoms with Gasteiger partial charge in [-0.3, -0.25) is 9.59 Å². The van der Waals surface area contributed by atoms with E-state index in [1.54, 1.807) is 24.5 Å². The first-order valence-electron chi connectivity index (χ1n) is 8.35. The van der Waals surface area contributed by atoms with E-state index in [1.165, 1.54) is 0 Å². The van der Waals surface area contributed by atoms with Gasteiger partial charge in [0, 0.05) is 44.2 Å². The van der Waals surface area contributed by atoms with Gasteiger partial charge >= 0.3 is 0 Å². The Morgan fingerprint density at radius 1 is 1.54 bits per heavy atom. The largest absolute Gasteiger partial charge is 0.383 e. The van der Waals surface area contributed by atoms with Gasteiger partial charge in [0.1, 0.15) is 0 Å². The van der Waals surface area contributed by atoms with Crippen molar-refractivity contribution in [2.24, 2.45) is 11.3 Å². The fourth-order valence-corrected chi connectivity index (χ4v) is 4.37. The molecule has 0 radical (unpaired) electrons. The molecule has 0 aliphatic carbocycles. The van der Waals surface area contributed by atoms with Crippen LogP contribution in [0, 0.1) is 11.3 Å². The summed E-state index contributed by atoms with van der Waals surface area (Å²) in [6.07, 6.45) is 4.30. The van der Waals surface area contributed by atoms with Gasteiger partial charge in [-0.25, -0.2) is 0 Å². The Bertz CT molecular complexity index is 628. The lowest BCUT2D eigenvalue weighted by Crippen LogP contribution is -2.41. The Morgan fingerprint density at radius 3 is 3.08 bits per heavy atom. The molecule has 5 nitrogen and oxygen atoms in total. The molecule has 130 valence electrons. The SMILES string of the molecule is COCCN1CC[C@]2(CN(C(=O)/C=C/c3cccs3)C[C@H]2C)C1=O. The van der Waals surface area contributed by atoms with Crippen LogP contribution in [0.3, 0.4) is 0 Å². The van der Waals surface area contributed by atoms with Crippen LogP contribution in [0.15, 0.2) is 23.6 Å². The Kier molecular flexibility index (Phi) is 5.06. The summed E-state index contributed by atoms with van der Waals surface area (Å²) >= 11 is 1.60. The molecular formula is C18H24N2O3S. The number of rotatable bonds is 5. The van der Waals surface area contributed by atoms with Crippen molar-refractivity contribution in [3.63, 3.8) is 0 Å². The lowest BCUT2D eigenvalue weighted by Gasteiger charge is -2.26. The number of carbonyl (C=O) groups is 2. The number of ether oxygens (including phenoxy) is 1. The third-order valence-electron chi connectivity index (χ3n) is 5.26. The average Bonchev–Trinajstić information content (AvgIpc) is 3.27. The van der Waals surface area contributed by atoms with Crippen LogP contribution in [0.4, 0.5) is 0 Å². The molecule has 2 saturated heterocycles. The van der Waals surface area contributed by atoms with Crippen LogP contribution in [-0.2, 0) is 14.3 Å². The zero-order chi connectivity index (χ0) is 17.2. The second kappa shape index (κ2) is 7.07. The minimum atomic E-state index is -0.403. The summed E-state index contributed by atoms with van der Waals surface area (Å²) < 4.78 is 5.09. The number of carbonyl (C=O) groups excluding carboxylic acids is 2. The third-order valence-corrected chi connectivity index (χ3v) is 6.10. The van der Waals surface area contributed by atoms with Crippen LogP contribution in [0.5, 0.6) is 0 Å². The maximum atomic E-state index is 12.9. The van der Waals surface area contributed by atoms with Gasteiger partial charge in [-0.05, 0) is 29.9 Å². The van der Waals surface area contributed by atoms with Gasteiger partial charge in [-0.15, -0.1) is 11.3 Å². The summed E-state index contributed by atoms with van der Waals surface area (Å²) in [4.78, 5) is 30.1. The molecule has 0 unspecified atom stereocenters. The smallest absolute Gasteiger partial charge is 0.246 e. The van der Waals surface area contributed by atoms with E-state index in [0.717, 1.165) is 17.8 Å². The van der Waals surface area contributed by atoms with E-state index >= 15 is 0 Å². The van der Waals surface area contributed by atoms with Crippen molar-refractivity contribution in [3.8, 4) is 0 Å². The summed E-state index contributed by atoms with van der Waals surface area (Å²) in [7, 11) is 1.65. The van der Waals surface area contributed by atoms with E-state index in [1.807, 2.05) is 33.4 Å². The standard InChI is InChI=1S/C18H24N2O3S/c1-14-12-20(16(21)6-5-15-4-3-11-24-15)13-18(14)7-8-19(17(18)22)9-10-23-2/h3-6,11,14H,7-10,12-13H2,1-2H3/b6-5+/t14-,18-/m1/s1. The van der Waals surface area contributed by atoms with Gasteiger partial charge in [0.2, 0.25) is 11.8 Å². The van der Waals surface area contributed by atoms with Gasteiger partial charge in [0.25, 0.3) is 0 Å². The number of thiophene rings is 1. The van der Waals surface area contributed by atoms with Crippen molar-refractivity contribution in [2.75, 3.05) is 39.9 Å². The molecule has 3 rings (SSSR count). The molecular weight excluding hydrogens is 324 g/mol. The number of nitrogens with zero attached hydrogens (tertiary/aromatic N) is 2. The van der Waals surface area contributed by atoms with Crippen LogP contribution in [0.25, 0.3) is 6.08 Å². The Morgan fingerprint density at radius 2 is 2.38 bits per heavy atom. The fraction of sp³-hybridized carbons (Fsp3) is 0.556. The predicted octanol–water partition coefficient (Wildman–Crippen LogP) is 2.10. The summed E-state index contributed by atoms with van der Waals surface area (Å²) in [6, 6.07) is 3.95. The zero-order valence-corrected chi connectivity index (χ0v) is 15.1. The van der Waals surface area contributed by atoms with Gasteiger partial charge in [0.15, 0.2) is 0 Å². The van der Waals surface area contributed by atoms with E-state index in [0.29, 0.717) is 26.2 Å². The lowest BCUT2D eigenvalue weighted by atomic mass is 9.78. The molecule has 1 aromatic heterocycles. The van der Waals surface area contributed by atoms with E-state index in [9.17, 15) is 9.59 Å². The van der Waals surface area contributed by atoms with E-state index in [2.05, 4.69) is 6.92 Å². The first-order chi connectivity index (χ1) is 11.6. The van der Waals surface area contributed by atoms with Crippen LogP contribution < -0.4 is 0 Å². The average molecular weight is 348 g/mol. The highest BCUT2D eigenvalue weighted by atomic mass is 32.1. The normalized spacial score (nSPS) is 27.1. The van der Waals surface area contributed by atoms with E-state index in [4.69, 9.17) is 4.74 Å². The number of hydrogen-bond acceptors (Lipinski definition) is 4. The molecule has 0 bridgehead atoms. The van der Waals surface area contributed by atoms with Crippen LogP contribution in [-0.4, -0.2) is 61.5 Å². The Labute approximate surface area is 146 Å². The summed E-state index contributed by atoms with van der Waals surface area (Å²) in [5.74, 6) is 0.372. The molecule has 0 saturated carbocycles. The van der Waals surface area contributed by atoms with Gasteiger partial charge < -0.3 is 14.5 Å². The zero-order valence-electron chi connectivity index (χ0n) is 14.2. The third kappa shape index (κ3) is 3.13. The van der Waals surface area contributed by atoms with Gasteiger partial charge in [0.05, 0.1) is 12.0 Å². The van der Waals surface area contributed by atoms with E-state index in [-0.39, 0.29) is 17.7 Å². The highest BCUT2D eigenvalue weighted by Crippen LogP contribution is 2.44. The van der Waals surface area contributed by atoms with Crippen LogP contribution in [0.2, 0.25) is 0 Å². The second-order valence-corrected chi connectivity index (χ2v) is 7.64. The molecule has 0 N–H and O–H groups in total. The summed E-state index contributed by atoms with van der Waals surface area (Å²) in [5, 5.41) is 1.99. The molecule has 6 heteroatoms. The molecule has 1 aromatic rings. The second-order valence-electron chi connectivity index (χ2n) is 6.66. The monoisotopic (exact) mass is 348 g/mol. The molecule has 2 amide bonds. The summed E-state index contributed by atoms with van der Waals surface area (Å²) in [5.41, 5.74) is -0.403. The van der Waals surface area contributed by atoms with Crippen molar-refractivity contribution in [3.05, 3.63) is 28.5 Å². The molecule has 2 aliphatic rings. The van der Waals surface area contributed by atoms with E-state index < -0.39 is 5.41 Å². The molecule has 3 heterocycles. The number of methoxy groups -OCH3 is 1. The van der Waals surface area contributed by atoms with Crippen LogP contribution >= 0.6 is 11.3 Å². The van der Waals surface area contributed by atoms with Crippen molar-refractivity contribution in [1.29, 1.82) is 0 Å². The maximum absolute atomic E-state index is 12.9. The van der Waals surface area contributed by atoms with Gasteiger partial charge in [-0.1, -0.05) is 13.0 Å². The number of hydrogen-bond donors (Lipinski definition) is 0. The molecule has 2 atom stereocenters. The number of amides is 2. The minimum absolute atomic E-state index is 0.00438. The summed E-state index contributed by atoms with van der Waals surface area (Å²) in [6.45, 7) is 5.23. The molecule has 1 spiro atoms. The Balaban J connectivity index is 1.66. The van der Waals surface area contributed by atoms with Crippen molar-refractivity contribution in [2.45, 2.75) is 13.3 Å². The van der Waals surface area contributed by atoms with Crippen molar-refractivity contribution in [1.82, 2.24) is 9.80 Å². The first-order valence-corrected chi connectivity index (χ1v) is 9.23. The highest BCUT2D eigenvalue weighted by molar-refractivity contribution is 7.10. The molecule has 2 aliphatic heterocycles. The minimum Gasteiger partial charge on any atom is -0.383 e. The first kappa shape index (κ1) is 17.2. The molecule has 0 aromatic carbocycles. The van der Waals surface area contributed by atoms with Gasteiger partial charge in [-0.2, -0.15) is 0 Å². The highest BCUT2D eigenvalue weighted by Gasteiger charge is 2.55. The molecule has 2 fully saturated rings. The van der Waals surface area contributed by atoms with Crippen molar-refractivity contribution >= 4 is 29.2 Å². The quantitative estimate of drug-likeness (QED) is 0.766. The lowest BCUT2D eigenvalue weighted by molar-refractivity contribution is -0.137. The number of likely N-dealkylation sites (tertiary alicyclic amines) is 2. The Hall–Kier alpha value is -1.66. The van der Waals surface area contributed by atoms with Crippen molar-refractivity contribution < 1.29 is 14.3 Å².